The van der Waals surface area contributed by atoms with Crippen molar-refractivity contribution in [1.29, 1.82) is 5.26 Å². The highest BCUT2D eigenvalue weighted by Gasteiger charge is 2.32. The van der Waals surface area contributed by atoms with E-state index in [0.717, 1.165) is 4.31 Å². The molecule has 0 radical (unpaired) electrons. The summed E-state index contributed by atoms with van der Waals surface area (Å²) in [7, 11) is -2.20. The Kier molecular flexibility index (Phi) is 3.65. The molecular formula is C12H14N4O3S. The number of nitrogens with zero attached hydrogens (tertiary/aromatic N) is 3. The van der Waals surface area contributed by atoms with Crippen LogP contribution in [0.4, 0.5) is 5.69 Å². The van der Waals surface area contributed by atoms with Gasteiger partial charge in [0.05, 0.1) is 23.9 Å². The van der Waals surface area contributed by atoms with E-state index in [4.69, 9.17) is 11.0 Å². The fraction of sp³-hybridized carbons (Fsp3) is 0.333. The van der Waals surface area contributed by atoms with E-state index < -0.39 is 10.0 Å². The number of carbonyl (C=O) groups excluding carboxylic acids is 1. The number of nitriles is 1. The Labute approximate surface area is 117 Å². The molecule has 8 heteroatoms. The first-order chi connectivity index (χ1) is 9.36. The van der Waals surface area contributed by atoms with Gasteiger partial charge in [0.15, 0.2) is 0 Å². The lowest BCUT2D eigenvalue weighted by Gasteiger charge is -2.31. The van der Waals surface area contributed by atoms with Crippen LogP contribution in [-0.4, -0.2) is 50.2 Å². The molecule has 1 aromatic rings. The van der Waals surface area contributed by atoms with Crippen LogP contribution < -0.4 is 5.73 Å². The molecule has 1 saturated heterocycles. The van der Waals surface area contributed by atoms with Crippen LogP contribution in [0.2, 0.25) is 0 Å². The van der Waals surface area contributed by atoms with E-state index in [2.05, 4.69) is 0 Å². The highest BCUT2D eigenvalue weighted by molar-refractivity contribution is 7.89. The first-order valence-corrected chi connectivity index (χ1v) is 7.34. The summed E-state index contributed by atoms with van der Waals surface area (Å²) in [5.74, 6) is -0.257. The van der Waals surface area contributed by atoms with Crippen LogP contribution in [0.5, 0.6) is 0 Å². The van der Waals surface area contributed by atoms with Crippen LogP contribution in [0.15, 0.2) is 23.1 Å². The molecule has 1 aliphatic rings. The fourth-order valence-corrected chi connectivity index (χ4v) is 3.41. The minimum absolute atomic E-state index is 0.00965. The molecule has 2 rings (SSSR count). The van der Waals surface area contributed by atoms with E-state index in [1.165, 1.54) is 23.1 Å². The number of rotatable bonds is 2. The minimum Gasteiger partial charge on any atom is -0.398 e. The van der Waals surface area contributed by atoms with Gasteiger partial charge in [-0.1, -0.05) is 0 Å². The summed E-state index contributed by atoms with van der Waals surface area (Å²) in [4.78, 5) is 13.0. The summed E-state index contributed by atoms with van der Waals surface area (Å²) in [6, 6.07) is 5.89. The van der Waals surface area contributed by atoms with Gasteiger partial charge in [0.1, 0.15) is 4.90 Å². The van der Waals surface area contributed by atoms with E-state index in [1.807, 2.05) is 6.07 Å². The van der Waals surface area contributed by atoms with Crippen molar-refractivity contribution in [2.45, 2.75) is 4.90 Å². The first-order valence-electron chi connectivity index (χ1n) is 5.90. The maximum absolute atomic E-state index is 12.5. The molecule has 1 amide bonds. The first kappa shape index (κ1) is 14.3. The van der Waals surface area contributed by atoms with Gasteiger partial charge in [0, 0.05) is 20.1 Å². The average Bonchev–Trinajstić information content (AvgIpc) is 2.41. The molecule has 0 aromatic heterocycles. The third-order valence-corrected chi connectivity index (χ3v) is 5.10. The summed E-state index contributed by atoms with van der Waals surface area (Å²) in [6.45, 7) is 0.372. The Hall–Kier alpha value is -2.11. The van der Waals surface area contributed by atoms with Crippen LogP contribution in [0, 0.1) is 11.3 Å². The number of anilines is 1. The minimum atomic E-state index is -3.82. The monoisotopic (exact) mass is 294 g/mol. The number of sulfonamides is 1. The van der Waals surface area contributed by atoms with Crippen molar-refractivity contribution < 1.29 is 13.2 Å². The molecule has 20 heavy (non-hydrogen) atoms. The number of hydrogen-bond donors (Lipinski definition) is 1. The Balaban J connectivity index is 2.36. The van der Waals surface area contributed by atoms with Crippen LogP contribution in [-0.2, 0) is 14.8 Å². The SMILES string of the molecule is CN1CCN(S(=O)(=O)c2ccc(C#N)cc2N)CC1=O. The zero-order valence-corrected chi connectivity index (χ0v) is 11.7. The predicted molar refractivity (Wildman–Crippen MR) is 72.0 cm³/mol. The molecule has 0 unspecified atom stereocenters. The fourth-order valence-electron chi connectivity index (χ4n) is 1.93. The maximum Gasteiger partial charge on any atom is 0.245 e. The number of hydrogen-bond acceptors (Lipinski definition) is 5. The van der Waals surface area contributed by atoms with Crippen LogP contribution in [0.1, 0.15) is 5.56 Å². The second kappa shape index (κ2) is 5.11. The van der Waals surface area contributed by atoms with Gasteiger partial charge in [0.2, 0.25) is 15.9 Å². The van der Waals surface area contributed by atoms with Gasteiger partial charge < -0.3 is 10.6 Å². The van der Waals surface area contributed by atoms with Crippen molar-refractivity contribution in [3.63, 3.8) is 0 Å². The zero-order chi connectivity index (χ0) is 14.9. The standard InChI is InChI=1S/C12H14N4O3S/c1-15-4-5-16(8-12(15)17)20(18,19)11-3-2-9(7-13)6-10(11)14/h2-3,6H,4-5,8,14H2,1H3. The summed E-state index contributed by atoms with van der Waals surface area (Å²) in [6.07, 6.45) is 0. The highest BCUT2D eigenvalue weighted by atomic mass is 32.2. The predicted octanol–water partition coefficient (Wildman–Crippen LogP) is -0.397. The van der Waals surface area contributed by atoms with Crippen molar-refractivity contribution in [3.8, 4) is 6.07 Å². The number of piperazine rings is 1. The Morgan fingerprint density at radius 2 is 2.05 bits per heavy atom. The molecule has 1 aromatic carbocycles. The summed E-state index contributed by atoms with van der Waals surface area (Å²) >= 11 is 0. The molecule has 1 aliphatic heterocycles. The van der Waals surface area contributed by atoms with E-state index in [1.54, 1.807) is 7.05 Å². The van der Waals surface area contributed by atoms with Gasteiger partial charge in [-0.2, -0.15) is 9.57 Å². The van der Waals surface area contributed by atoms with Crippen molar-refractivity contribution >= 4 is 21.6 Å². The van der Waals surface area contributed by atoms with Gasteiger partial charge in [-0.05, 0) is 18.2 Å². The third kappa shape index (κ3) is 2.45. The molecule has 2 N–H and O–H groups in total. The topological polar surface area (TPSA) is 108 Å². The van der Waals surface area contributed by atoms with Gasteiger partial charge >= 0.3 is 0 Å². The van der Waals surface area contributed by atoms with E-state index >= 15 is 0 Å². The lowest BCUT2D eigenvalue weighted by atomic mass is 10.2. The second-order valence-corrected chi connectivity index (χ2v) is 6.42. The molecule has 0 aliphatic carbocycles. The Bertz CT molecular complexity index is 693. The summed E-state index contributed by atoms with van der Waals surface area (Å²) in [5.41, 5.74) is 6.00. The number of nitrogen functional groups attached to an aromatic ring is 1. The molecule has 0 spiro atoms. The molecule has 1 heterocycles. The van der Waals surface area contributed by atoms with Crippen molar-refractivity contribution in [3.05, 3.63) is 23.8 Å². The lowest BCUT2D eigenvalue weighted by molar-refractivity contribution is -0.132. The molecule has 0 bridgehead atoms. The highest BCUT2D eigenvalue weighted by Crippen LogP contribution is 2.24. The number of nitrogens with two attached hydrogens (primary N) is 1. The second-order valence-electron chi connectivity index (χ2n) is 4.52. The van der Waals surface area contributed by atoms with Crippen molar-refractivity contribution in [1.82, 2.24) is 9.21 Å². The normalized spacial score (nSPS) is 17.0. The van der Waals surface area contributed by atoms with Crippen LogP contribution >= 0.6 is 0 Å². The molecule has 0 saturated carbocycles. The third-order valence-electron chi connectivity index (χ3n) is 3.18. The number of benzene rings is 1. The maximum atomic E-state index is 12.5. The molecule has 106 valence electrons. The molecular weight excluding hydrogens is 280 g/mol. The van der Waals surface area contributed by atoms with Crippen molar-refractivity contribution in [2.75, 3.05) is 32.4 Å². The number of likely N-dealkylation sites (N-methyl/N-ethyl adjacent to an activating group) is 1. The number of amides is 1. The lowest BCUT2D eigenvalue weighted by Crippen LogP contribution is -2.50. The smallest absolute Gasteiger partial charge is 0.245 e. The van der Waals surface area contributed by atoms with Gasteiger partial charge in [-0.15, -0.1) is 0 Å². The van der Waals surface area contributed by atoms with E-state index in [9.17, 15) is 13.2 Å². The summed E-state index contributed by atoms with van der Waals surface area (Å²) < 4.78 is 26.0. The Morgan fingerprint density at radius 1 is 1.35 bits per heavy atom. The quantitative estimate of drug-likeness (QED) is 0.747. The summed E-state index contributed by atoms with van der Waals surface area (Å²) in [5, 5.41) is 8.75. The van der Waals surface area contributed by atoms with Crippen molar-refractivity contribution in [2.24, 2.45) is 0 Å². The largest absolute Gasteiger partial charge is 0.398 e. The van der Waals surface area contributed by atoms with Crippen LogP contribution in [0.3, 0.4) is 0 Å². The average molecular weight is 294 g/mol. The van der Waals surface area contributed by atoms with E-state index in [0.29, 0.717) is 6.54 Å². The van der Waals surface area contributed by atoms with Gasteiger partial charge in [0.25, 0.3) is 0 Å². The molecule has 7 nitrogen and oxygen atoms in total. The van der Waals surface area contributed by atoms with Crippen LogP contribution in [0.25, 0.3) is 0 Å². The van der Waals surface area contributed by atoms with Gasteiger partial charge in [-0.3, -0.25) is 4.79 Å². The molecule has 0 atom stereocenters. The number of carbonyl (C=O) groups is 1. The molecule has 1 fully saturated rings. The Morgan fingerprint density at radius 3 is 2.60 bits per heavy atom. The van der Waals surface area contributed by atoms with E-state index in [-0.39, 0.29) is 35.1 Å². The van der Waals surface area contributed by atoms with Gasteiger partial charge in [-0.25, -0.2) is 8.42 Å². The zero-order valence-electron chi connectivity index (χ0n) is 10.9.